The van der Waals surface area contributed by atoms with Gasteiger partial charge >= 0.3 is 0 Å². The van der Waals surface area contributed by atoms with Crippen LogP contribution in [0.1, 0.15) is 34.4 Å². The largest absolute Gasteiger partial charge is 0.219 e. The summed E-state index contributed by atoms with van der Waals surface area (Å²) in [5.74, 6) is 4.11. The van der Waals surface area contributed by atoms with Crippen molar-refractivity contribution in [3.8, 4) is 33.9 Å². The van der Waals surface area contributed by atoms with Crippen molar-refractivity contribution in [2.24, 2.45) is 0 Å². The van der Waals surface area contributed by atoms with Crippen molar-refractivity contribution in [1.82, 2.24) is 29.9 Å². The molecular weight excluding hydrogens is 661 g/mol. The van der Waals surface area contributed by atoms with Crippen molar-refractivity contribution in [1.29, 1.82) is 0 Å². The second-order valence-electron chi connectivity index (χ2n) is 14.8. The molecule has 0 radical (unpaired) electrons. The zero-order chi connectivity index (χ0) is 36.6. The molecule has 6 heteroatoms. The smallest absolute Gasteiger partial charge is 0.164 e. The first-order valence-electron chi connectivity index (χ1n) is 18.5. The summed E-state index contributed by atoms with van der Waals surface area (Å²) in [5.41, 5.74) is 7.04. The number of rotatable bonds is 3. The molecule has 0 unspecified atom stereocenters. The Hall–Kier alpha value is -6.66. The predicted molar refractivity (Wildman–Crippen MR) is 223 cm³/mol. The summed E-state index contributed by atoms with van der Waals surface area (Å²) < 4.78 is 0. The predicted octanol–water partition coefficient (Wildman–Crippen LogP) is 11.9. The van der Waals surface area contributed by atoms with Gasteiger partial charge in [-0.3, -0.25) is 0 Å². The summed E-state index contributed by atoms with van der Waals surface area (Å²) >= 11 is 0. The highest BCUT2D eigenvalue weighted by molar-refractivity contribution is 6.44. The molecule has 54 heavy (non-hydrogen) atoms. The molecule has 0 saturated carbocycles. The third kappa shape index (κ3) is 4.11. The Morgan fingerprint density at radius 1 is 0.296 bits per heavy atom. The van der Waals surface area contributed by atoms with Gasteiger partial charge < -0.3 is 0 Å². The molecular formula is C48H34N6. The summed E-state index contributed by atoms with van der Waals surface area (Å²) in [7, 11) is 0. The third-order valence-corrected chi connectivity index (χ3v) is 11.4. The molecule has 0 fully saturated rings. The van der Waals surface area contributed by atoms with E-state index in [9.17, 15) is 0 Å². The summed E-state index contributed by atoms with van der Waals surface area (Å²) in [6, 6.07) is 35.8. The van der Waals surface area contributed by atoms with E-state index >= 15 is 0 Å². The maximum Gasteiger partial charge on any atom is 0.164 e. The molecule has 0 bridgehead atoms. The van der Waals surface area contributed by atoms with Crippen LogP contribution in [0.2, 0.25) is 0 Å². The zero-order valence-corrected chi connectivity index (χ0v) is 30.9. The topological polar surface area (TPSA) is 77.3 Å². The van der Waals surface area contributed by atoms with Gasteiger partial charge in [-0.25, -0.2) is 29.9 Å². The lowest BCUT2D eigenvalue weighted by molar-refractivity contribution is 0.929. The number of nitrogens with zero attached hydrogens (tertiary/aromatic N) is 6. The van der Waals surface area contributed by atoms with Gasteiger partial charge in [0.05, 0.1) is 0 Å². The summed E-state index contributed by atoms with van der Waals surface area (Å²) in [4.78, 5) is 29.7. The molecule has 2 heterocycles. The van der Waals surface area contributed by atoms with Crippen LogP contribution in [0.5, 0.6) is 0 Å². The van der Waals surface area contributed by atoms with Gasteiger partial charge in [-0.05, 0) is 129 Å². The van der Waals surface area contributed by atoms with Crippen LogP contribution >= 0.6 is 0 Å². The van der Waals surface area contributed by atoms with Crippen LogP contribution in [0.3, 0.4) is 0 Å². The van der Waals surface area contributed by atoms with Crippen LogP contribution in [0, 0.1) is 41.5 Å². The minimum atomic E-state index is 0.671. The van der Waals surface area contributed by atoms with Crippen molar-refractivity contribution in [2.45, 2.75) is 41.5 Å². The fourth-order valence-corrected chi connectivity index (χ4v) is 9.58. The van der Waals surface area contributed by atoms with E-state index in [4.69, 9.17) is 19.9 Å². The average molecular weight is 695 g/mol. The first kappa shape index (κ1) is 30.9. The second-order valence-corrected chi connectivity index (χ2v) is 14.8. The maximum absolute atomic E-state index is 5.12. The molecule has 0 spiro atoms. The third-order valence-electron chi connectivity index (χ3n) is 11.4. The van der Waals surface area contributed by atoms with E-state index in [0.717, 1.165) is 48.8 Å². The molecule has 0 atom stereocenters. The Kier molecular flexibility index (Phi) is 6.26. The SMILES string of the molecule is Cc1nc(C)nc(-c2c3cc4c5ccccc5c5cccc(c3c(-c3nc(C)nc(C)n3)c3c6cccc7c(-c8c(C)cccc8C)ccc(c23)c76)c54)n1. The number of benzene rings is 7. The summed E-state index contributed by atoms with van der Waals surface area (Å²) in [6.07, 6.45) is 0. The van der Waals surface area contributed by atoms with Gasteiger partial charge in [0.1, 0.15) is 23.3 Å². The average Bonchev–Trinajstić information content (AvgIpc) is 3.65. The molecule has 0 aliphatic rings. The second kappa shape index (κ2) is 10.9. The Bertz CT molecular complexity index is 3340. The van der Waals surface area contributed by atoms with E-state index < -0.39 is 0 Å². The van der Waals surface area contributed by atoms with Crippen molar-refractivity contribution in [3.63, 3.8) is 0 Å². The van der Waals surface area contributed by atoms with Crippen molar-refractivity contribution in [3.05, 3.63) is 131 Å². The summed E-state index contributed by atoms with van der Waals surface area (Å²) in [6.45, 7) is 12.2. The molecule has 0 amide bonds. The fraction of sp³-hybridized carbons (Fsp3) is 0.125. The molecule has 9 aromatic carbocycles. The molecule has 0 saturated heterocycles. The standard InChI is InChI=1S/C48H34N6/c1-23-12-9-13-24(2)39(23)33-20-21-36-40-32(33)17-11-19-35(40)44-43(36)45(47-51-25(3)49-26(4)52-47)38-22-37-30-15-8-7-14-29(30)31-16-10-18-34(41(31)37)42(38)46(44)48-53-27(5)50-28(6)54-48/h7-22H,1-6H3. The van der Waals surface area contributed by atoms with Crippen LogP contribution in [0.15, 0.2) is 97.1 Å². The van der Waals surface area contributed by atoms with Gasteiger partial charge in [0, 0.05) is 27.3 Å². The number of aromatic nitrogens is 6. The highest BCUT2D eigenvalue weighted by Crippen LogP contribution is 2.54. The van der Waals surface area contributed by atoms with Crippen LogP contribution in [-0.4, -0.2) is 29.9 Å². The minimum Gasteiger partial charge on any atom is -0.219 e. The van der Waals surface area contributed by atoms with Gasteiger partial charge in [-0.1, -0.05) is 91.0 Å². The van der Waals surface area contributed by atoms with Crippen LogP contribution in [0.25, 0.3) is 109 Å². The van der Waals surface area contributed by atoms with Crippen LogP contribution in [0.4, 0.5) is 0 Å². The zero-order valence-electron chi connectivity index (χ0n) is 30.9. The number of hydrogen-bond donors (Lipinski definition) is 0. The van der Waals surface area contributed by atoms with Crippen molar-refractivity contribution < 1.29 is 0 Å². The lowest BCUT2D eigenvalue weighted by Crippen LogP contribution is -2.02. The number of aryl methyl sites for hydroxylation is 6. The van der Waals surface area contributed by atoms with Gasteiger partial charge in [0.15, 0.2) is 11.6 Å². The molecule has 256 valence electrons. The van der Waals surface area contributed by atoms with E-state index in [0.29, 0.717) is 34.9 Å². The van der Waals surface area contributed by atoms with Crippen molar-refractivity contribution >= 4 is 75.4 Å². The van der Waals surface area contributed by atoms with Crippen LogP contribution < -0.4 is 0 Å². The Balaban J connectivity index is 1.48. The first-order valence-corrected chi connectivity index (χ1v) is 18.5. The molecule has 11 rings (SSSR count). The Morgan fingerprint density at radius 2 is 0.759 bits per heavy atom. The van der Waals surface area contributed by atoms with E-state index in [1.165, 1.54) is 60.0 Å². The Morgan fingerprint density at radius 3 is 1.41 bits per heavy atom. The highest BCUT2D eigenvalue weighted by Gasteiger charge is 2.29. The van der Waals surface area contributed by atoms with Gasteiger partial charge in [-0.2, -0.15) is 0 Å². The van der Waals surface area contributed by atoms with E-state index in [2.05, 4.69) is 121 Å². The minimum absolute atomic E-state index is 0.671. The van der Waals surface area contributed by atoms with Gasteiger partial charge in [0.2, 0.25) is 0 Å². The quantitative estimate of drug-likeness (QED) is 0.171. The number of fused-ring (bicyclic) bond motifs is 8. The molecule has 0 aliphatic carbocycles. The lowest BCUT2D eigenvalue weighted by atomic mass is 9.87. The highest BCUT2D eigenvalue weighted by atomic mass is 15.0. The van der Waals surface area contributed by atoms with E-state index in [1.807, 2.05) is 27.7 Å². The molecule has 6 nitrogen and oxygen atoms in total. The molecule has 11 aromatic rings. The van der Waals surface area contributed by atoms with Crippen molar-refractivity contribution in [2.75, 3.05) is 0 Å². The fourth-order valence-electron chi connectivity index (χ4n) is 9.58. The monoisotopic (exact) mass is 694 g/mol. The molecule has 0 N–H and O–H groups in total. The normalized spacial score (nSPS) is 12.3. The summed E-state index contributed by atoms with van der Waals surface area (Å²) in [5, 5.41) is 16.5. The van der Waals surface area contributed by atoms with Gasteiger partial charge in [-0.15, -0.1) is 0 Å². The molecule has 0 aliphatic heterocycles. The van der Waals surface area contributed by atoms with E-state index in [-0.39, 0.29) is 0 Å². The lowest BCUT2D eigenvalue weighted by Gasteiger charge is -2.18. The maximum atomic E-state index is 5.12. The molecule has 2 aromatic heterocycles. The Labute approximate surface area is 311 Å². The first-order chi connectivity index (χ1) is 26.3. The van der Waals surface area contributed by atoms with E-state index in [1.54, 1.807) is 0 Å². The van der Waals surface area contributed by atoms with Crippen LogP contribution in [-0.2, 0) is 0 Å². The van der Waals surface area contributed by atoms with Gasteiger partial charge in [0.25, 0.3) is 0 Å². The number of hydrogen-bond acceptors (Lipinski definition) is 6.